The first-order valence-corrected chi connectivity index (χ1v) is 6.79. The molecule has 0 spiro atoms. The van der Waals surface area contributed by atoms with Crippen molar-refractivity contribution in [1.29, 1.82) is 0 Å². The van der Waals surface area contributed by atoms with Crippen molar-refractivity contribution in [1.82, 2.24) is 29.8 Å². The topological polar surface area (TPSA) is 90.0 Å². The van der Waals surface area contributed by atoms with Gasteiger partial charge in [-0.05, 0) is 28.6 Å². The highest BCUT2D eigenvalue weighted by molar-refractivity contribution is 7.99. The fraction of sp³-hybridized carbons (Fsp3) is 0.182. The Morgan fingerprint density at radius 2 is 2.35 bits per heavy atom. The number of amides is 1. The van der Waals surface area contributed by atoms with Crippen LogP contribution in [0.3, 0.4) is 0 Å². The van der Waals surface area contributed by atoms with Crippen molar-refractivity contribution in [3.05, 3.63) is 30.6 Å². The number of aryl methyl sites for hydroxylation is 1. The first kappa shape index (κ1) is 12.6. The molecule has 8 nitrogen and oxygen atoms in total. The molecule has 0 unspecified atom stereocenters. The second-order valence-corrected chi connectivity index (χ2v) is 4.98. The summed E-state index contributed by atoms with van der Waals surface area (Å²) in [4.78, 5) is 11.9. The number of pyridine rings is 1. The third-order valence-corrected chi connectivity index (χ3v) is 3.61. The number of hydrogen-bond donors (Lipinski definition) is 1. The molecule has 0 bridgehead atoms. The molecule has 1 amide bonds. The number of thioether (sulfide) groups is 1. The zero-order valence-corrected chi connectivity index (χ0v) is 11.4. The second-order valence-electron chi connectivity index (χ2n) is 4.04. The van der Waals surface area contributed by atoms with Crippen LogP contribution >= 0.6 is 11.8 Å². The maximum Gasteiger partial charge on any atom is 0.234 e. The number of fused-ring (bicyclic) bond motifs is 1. The average molecular weight is 289 g/mol. The molecule has 0 aromatic carbocycles. The summed E-state index contributed by atoms with van der Waals surface area (Å²) in [5.74, 6) is 0.139. The fourth-order valence-corrected chi connectivity index (χ4v) is 2.32. The van der Waals surface area contributed by atoms with Gasteiger partial charge >= 0.3 is 0 Å². The summed E-state index contributed by atoms with van der Waals surface area (Å²) in [6, 6.07) is 5.53. The van der Waals surface area contributed by atoms with E-state index < -0.39 is 0 Å². The Morgan fingerprint density at radius 1 is 1.45 bits per heavy atom. The van der Waals surface area contributed by atoms with Crippen LogP contribution in [0.2, 0.25) is 0 Å². The molecule has 0 aliphatic carbocycles. The summed E-state index contributed by atoms with van der Waals surface area (Å²) in [6.07, 6.45) is 3.50. The van der Waals surface area contributed by atoms with E-state index >= 15 is 0 Å². The molecular weight excluding hydrogens is 278 g/mol. The molecule has 9 heteroatoms. The molecule has 0 atom stereocenters. The smallest absolute Gasteiger partial charge is 0.234 e. The first-order chi connectivity index (χ1) is 9.72. The van der Waals surface area contributed by atoms with Crippen LogP contribution in [0.1, 0.15) is 0 Å². The van der Waals surface area contributed by atoms with Crippen LogP contribution in [0.25, 0.3) is 5.52 Å². The van der Waals surface area contributed by atoms with Crippen LogP contribution in [-0.4, -0.2) is 41.5 Å². The van der Waals surface area contributed by atoms with Gasteiger partial charge in [0.25, 0.3) is 0 Å². The number of tetrazole rings is 1. The normalized spacial score (nSPS) is 10.8. The van der Waals surface area contributed by atoms with Crippen LogP contribution in [-0.2, 0) is 11.8 Å². The van der Waals surface area contributed by atoms with Gasteiger partial charge in [0.2, 0.25) is 11.1 Å². The number of anilines is 1. The zero-order valence-electron chi connectivity index (χ0n) is 10.6. The van der Waals surface area contributed by atoms with E-state index in [9.17, 15) is 4.79 Å². The lowest BCUT2D eigenvalue weighted by molar-refractivity contribution is -0.113. The molecule has 3 rings (SSSR count). The van der Waals surface area contributed by atoms with Crippen molar-refractivity contribution < 1.29 is 4.79 Å². The van der Waals surface area contributed by atoms with Crippen molar-refractivity contribution in [3.8, 4) is 0 Å². The summed E-state index contributed by atoms with van der Waals surface area (Å²) in [7, 11) is 1.73. The van der Waals surface area contributed by atoms with E-state index in [0.717, 1.165) is 11.2 Å². The summed E-state index contributed by atoms with van der Waals surface area (Å²) in [5, 5.41) is 18.5. The molecule has 1 N–H and O–H groups in total. The lowest BCUT2D eigenvalue weighted by Gasteiger charge is -2.05. The molecule has 0 radical (unpaired) electrons. The third kappa shape index (κ3) is 2.62. The maximum absolute atomic E-state index is 11.9. The SMILES string of the molecule is Cn1nnnc1SCC(=O)Nc1ccn2nccc2c1. The van der Waals surface area contributed by atoms with Crippen LogP contribution in [0.5, 0.6) is 0 Å². The molecule has 3 aromatic rings. The Bertz CT molecular complexity index is 750. The van der Waals surface area contributed by atoms with Gasteiger partial charge in [-0.2, -0.15) is 5.10 Å². The maximum atomic E-state index is 11.9. The van der Waals surface area contributed by atoms with Gasteiger partial charge in [0.15, 0.2) is 0 Å². The van der Waals surface area contributed by atoms with Crippen molar-refractivity contribution in [2.75, 3.05) is 11.1 Å². The molecule has 20 heavy (non-hydrogen) atoms. The van der Waals surface area contributed by atoms with Crippen molar-refractivity contribution in [3.63, 3.8) is 0 Å². The molecule has 0 saturated carbocycles. The quantitative estimate of drug-likeness (QED) is 0.707. The van der Waals surface area contributed by atoms with Crippen LogP contribution in [0, 0.1) is 0 Å². The van der Waals surface area contributed by atoms with Crippen molar-refractivity contribution in [2.45, 2.75) is 5.16 Å². The standard InChI is InChI=1S/C11H11N7OS/c1-17-11(14-15-16-17)20-7-10(19)13-8-3-5-18-9(6-8)2-4-12-18/h2-6H,7H2,1H3,(H,13,19). The molecule has 0 aliphatic heterocycles. The first-order valence-electron chi connectivity index (χ1n) is 5.81. The summed E-state index contributed by atoms with van der Waals surface area (Å²) < 4.78 is 3.26. The van der Waals surface area contributed by atoms with E-state index in [-0.39, 0.29) is 11.7 Å². The van der Waals surface area contributed by atoms with Crippen LogP contribution in [0.4, 0.5) is 5.69 Å². The minimum absolute atomic E-state index is 0.109. The lowest BCUT2D eigenvalue weighted by Crippen LogP contribution is -2.14. The number of hydrogen-bond acceptors (Lipinski definition) is 6. The van der Waals surface area contributed by atoms with Gasteiger partial charge < -0.3 is 5.32 Å². The largest absolute Gasteiger partial charge is 0.325 e. The molecule has 102 valence electrons. The molecule has 0 saturated heterocycles. The predicted molar refractivity (Wildman–Crippen MR) is 73.3 cm³/mol. The molecular formula is C11H11N7OS. The summed E-state index contributed by atoms with van der Waals surface area (Å²) >= 11 is 1.28. The Balaban J connectivity index is 1.62. The Labute approximate surface area is 118 Å². The zero-order chi connectivity index (χ0) is 13.9. The van der Waals surface area contributed by atoms with Crippen molar-refractivity contribution in [2.24, 2.45) is 7.05 Å². The second kappa shape index (κ2) is 5.29. The van der Waals surface area contributed by atoms with Crippen molar-refractivity contribution >= 4 is 28.9 Å². The van der Waals surface area contributed by atoms with Crippen LogP contribution in [0.15, 0.2) is 35.7 Å². The highest BCUT2D eigenvalue weighted by atomic mass is 32.2. The van der Waals surface area contributed by atoms with E-state index in [2.05, 4.69) is 25.9 Å². The van der Waals surface area contributed by atoms with E-state index in [4.69, 9.17) is 0 Å². The molecule has 0 fully saturated rings. The number of rotatable bonds is 4. The highest BCUT2D eigenvalue weighted by Crippen LogP contribution is 2.15. The van der Waals surface area contributed by atoms with E-state index in [1.807, 2.05) is 12.1 Å². The van der Waals surface area contributed by atoms with E-state index in [1.165, 1.54) is 16.4 Å². The van der Waals surface area contributed by atoms with Gasteiger partial charge in [0, 0.05) is 25.1 Å². The van der Waals surface area contributed by atoms with Crippen LogP contribution < -0.4 is 5.32 Å². The number of carbonyl (C=O) groups excluding carboxylic acids is 1. The number of nitrogens with one attached hydrogen (secondary N) is 1. The van der Waals surface area contributed by atoms with Gasteiger partial charge in [-0.1, -0.05) is 11.8 Å². The summed E-state index contributed by atoms with van der Waals surface area (Å²) in [5.41, 5.74) is 1.66. The number of aromatic nitrogens is 6. The van der Waals surface area contributed by atoms with Gasteiger partial charge in [-0.3, -0.25) is 4.79 Å². The monoisotopic (exact) mass is 289 g/mol. The molecule has 3 aromatic heterocycles. The van der Waals surface area contributed by atoms with E-state index in [0.29, 0.717) is 5.16 Å². The Morgan fingerprint density at radius 3 is 3.15 bits per heavy atom. The Hall–Kier alpha value is -2.42. The minimum atomic E-state index is -0.109. The van der Waals surface area contributed by atoms with Gasteiger partial charge in [0.1, 0.15) is 0 Å². The highest BCUT2D eigenvalue weighted by Gasteiger charge is 2.08. The number of carbonyl (C=O) groups is 1. The number of nitrogens with zero attached hydrogens (tertiary/aromatic N) is 6. The Kier molecular flexibility index (Phi) is 3.33. The average Bonchev–Trinajstić information content (AvgIpc) is 3.04. The molecule has 3 heterocycles. The van der Waals surface area contributed by atoms with E-state index in [1.54, 1.807) is 30.0 Å². The van der Waals surface area contributed by atoms with Gasteiger partial charge in [-0.15, -0.1) is 5.10 Å². The third-order valence-electron chi connectivity index (χ3n) is 2.60. The predicted octanol–water partition coefficient (Wildman–Crippen LogP) is 0.589. The molecule has 0 aliphatic rings. The minimum Gasteiger partial charge on any atom is -0.325 e. The van der Waals surface area contributed by atoms with Gasteiger partial charge in [-0.25, -0.2) is 9.20 Å². The van der Waals surface area contributed by atoms with Gasteiger partial charge in [0.05, 0.1) is 11.3 Å². The lowest BCUT2D eigenvalue weighted by atomic mass is 10.3. The fourth-order valence-electron chi connectivity index (χ4n) is 1.67. The summed E-state index contributed by atoms with van der Waals surface area (Å²) in [6.45, 7) is 0.